The summed E-state index contributed by atoms with van der Waals surface area (Å²) in [4.78, 5) is 0. The molecule has 5 atom stereocenters. The van der Waals surface area contributed by atoms with Gasteiger partial charge in [-0.15, -0.1) is 0 Å². The summed E-state index contributed by atoms with van der Waals surface area (Å²) in [5, 5.41) is 41.2. The summed E-state index contributed by atoms with van der Waals surface area (Å²) in [6.45, 7) is -0.472. The summed E-state index contributed by atoms with van der Waals surface area (Å²) in [5.74, 6) is 1.22. The fourth-order valence-corrected chi connectivity index (χ4v) is 4.87. The molecule has 2 aromatic carbocycles. The summed E-state index contributed by atoms with van der Waals surface area (Å²) in [7, 11) is 0. The maximum absolute atomic E-state index is 10.7. The van der Waals surface area contributed by atoms with Crippen LogP contribution in [0.3, 0.4) is 0 Å². The Morgan fingerprint density at radius 2 is 1.64 bits per heavy atom. The van der Waals surface area contributed by atoms with Gasteiger partial charge in [-0.05, 0) is 72.8 Å². The third-order valence-corrected chi connectivity index (χ3v) is 7.56. The first kappa shape index (κ1) is 23.1. The van der Waals surface area contributed by atoms with E-state index in [0.717, 1.165) is 30.4 Å². The highest BCUT2D eigenvalue weighted by atomic mass is 35.5. The molecule has 3 aliphatic rings. The zero-order valence-electron chi connectivity index (χ0n) is 18.4. The molecule has 2 aromatic rings. The van der Waals surface area contributed by atoms with Crippen LogP contribution in [0.5, 0.6) is 5.75 Å². The van der Waals surface area contributed by atoms with Gasteiger partial charge in [-0.3, -0.25) is 0 Å². The van der Waals surface area contributed by atoms with Gasteiger partial charge in [-0.1, -0.05) is 41.9 Å². The number of hydrogen-bond donors (Lipinski definition) is 4. The Morgan fingerprint density at radius 3 is 2.24 bits per heavy atom. The monoisotopic (exact) mass is 474 g/mol. The van der Waals surface area contributed by atoms with Crippen LogP contribution in [0.1, 0.15) is 66.4 Å². The summed E-state index contributed by atoms with van der Waals surface area (Å²) in [6.07, 6.45) is 0.167. The zero-order chi connectivity index (χ0) is 23.1. The van der Waals surface area contributed by atoms with Crippen molar-refractivity contribution in [3.8, 4) is 5.75 Å². The van der Waals surface area contributed by atoms with Gasteiger partial charge in [0.15, 0.2) is 0 Å². The van der Waals surface area contributed by atoms with E-state index in [1.165, 1.54) is 18.4 Å². The predicted octanol–water partition coefficient (Wildman–Crippen LogP) is 3.25. The molecule has 178 valence electrons. The fourth-order valence-electron chi connectivity index (χ4n) is 4.65. The summed E-state index contributed by atoms with van der Waals surface area (Å²) >= 11 is 6.77. The highest BCUT2D eigenvalue weighted by Gasteiger charge is 2.44. The second-order valence-electron chi connectivity index (χ2n) is 9.61. The topological polar surface area (TPSA) is 99.4 Å². The molecule has 2 aliphatic carbocycles. The van der Waals surface area contributed by atoms with Crippen molar-refractivity contribution in [2.24, 2.45) is 0 Å². The Bertz CT molecular complexity index is 969. The van der Waals surface area contributed by atoms with Crippen LogP contribution in [-0.2, 0) is 11.2 Å². The average Bonchev–Trinajstić information content (AvgIpc) is 3.63. The number of aliphatic hydroxyl groups excluding tert-OH is 4. The van der Waals surface area contributed by atoms with Crippen molar-refractivity contribution in [2.75, 3.05) is 6.61 Å². The zero-order valence-corrected chi connectivity index (χ0v) is 19.2. The molecule has 3 fully saturated rings. The maximum atomic E-state index is 10.7. The minimum atomic E-state index is -1.44. The SMILES string of the molecule is OC[C@H]1O[C@@H](c2cc(Cc3ccc(C4CC4)cc3)c(Cl)c(OC3CCC3)c2)[C@H](O)C(O)[C@@H]1O. The largest absolute Gasteiger partial charge is 0.489 e. The summed E-state index contributed by atoms with van der Waals surface area (Å²) < 4.78 is 12.0. The molecule has 0 radical (unpaired) electrons. The molecule has 0 bridgehead atoms. The Morgan fingerprint density at radius 1 is 0.909 bits per heavy atom. The predicted molar refractivity (Wildman–Crippen MR) is 124 cm³/mol. The van der Waals surface area contributed by atoms with Gasteiger partial charge in [-0.25, -0.2) is 0 Å². The second-order valence-corrected chi connectivity index (χ2v) is 9.98. The van der Waals surface area contributed by atoms with Crippen LogP contribution in [0.4, 0.5) is 0 Å². The summed E-state index contributed by atoms with van der Waals surface area (Å²) in [5.41, 5.74) is 3.91. The van der Waals surface area contributed by atoms with E-state index in [-0.39, 0.29) is 6.10 Å². The van der Waals surface area contributed by atoms with E-state index in [0.29, 0.717) is 28.7 Å². The lowest BCUT2D eigenvalue weighted by Crippen LogP contribution is -2.55. The molecule has 0 spiro atoms. The lowest BCUT2D eigenvalue weighted by atomic mass is 9.89. The highest BCUT2D eigenvalue weighted by Crippen LogP contribution is 2.42. The smallest absolute Gasteiger partial charge is 0.138 e. The van der Waals surface area contributed by atoms with E-state index < -0.39 is 37.1 Å². The first-order chi connectivity index (χ1) is 15.9. The molecule has 1 aliphatic heterocycles. The van der Waals surface area contributed by atoms with Crippen molar-refractivity contribution in [1.29, 1.82) is 0 Å². The summed E-state index contributed by atoms with van der Waals surface area (Å²) in [6, 6.07) is 12.2. The number of rotatable bonds is 7. The molecular weight excluding hydrogens is 444 g/mol. The van der Waals surface area contributed by atoms with Crippen LogP contribution in [0.2, 0.25) is 5.02 Å². The van der Waals surface area contributed by atoms with Crippen molar-refractivity contribution >= 4 is 11.6 Å². The molecule has 7 heteroatoms. The molecule has 0 aromatic heterocycles. The van der Waals surface area contributed by atoms with Crippen molar-refractivity contribution in [2.45, 2.75) is 81.1 Å². The van der Waals surface area contributed by atoms with Gasteiger partial charge in [0.25, 0.3) is 0 Å². The molecular formula is C26H31ClO6. The van der Waals surface area contributed by atoms with Gasteiger partial charge in [0, 0.05) is 0 Å². The van der Waals surface area contributed by atoms with Crippen LogP contribution in [0.15, 0.2) is 36.4 Å². The molecule has 2 saturated carbocycles. The molecule has 1 unspecified atom stereocenters. The molecule has 0 amide bonds. The first-order valence-electron chi connectivity index (χ1n) is 11.8. The molecule has 33 heavy (non-hydrogen) atoms. The highest BCUT2D eigenvalue weighted by molar-refractivity contribution is 6.32. The van der Waals surface area contributed by atoms with Crippen LogP contribution >= 0.6 is 11.6 Å². The van der Waals surface area contributed by atoms with E-state index in [1.54, 1.807) is 6.07 Å². The van der Waals surface area contributed by atoms with Crippen molar-refractivity contribution in [3.63, 3.8) is 0 Å². The Kier molecular flexibility index (Phi) is 6.67. The van der Waals surface area contributed by atoms with Gasteiger partial charge in [-0.2, -0.15) is 0 Å². The van der Waals surface area contributed by atoms with E-state index in [1.807, 2.05) is 6.07 Å². The van der Waals surface area contributed by atoms with Gasteiger partial charge in [0.2, 0.25) is 0 Å². The Hall–Kier alpha value is -1.67. The number of benzene rings is 2. The number of aliphatic hydroxyl groups is 4. The molecule has 5 rings (SSSR count). The molecule has 1 saturated heterocycles. The van der Waals surface area contributed by atoms with Gasteiger partial charge < -0.3 is 29.9 Å². The fraction of sp³-hybridized carbons (Fsp3) is 0.538. The minimum Gasteiger partial charge on any atom is -0.489 e. The van der Waals surface area contributed by atoms with Crippen LogP contribution in [-0.4, -0.2) is 57.6 Å². The molecule has 1 heterocycles. The quantitative estimate of drug-likeness (QED) is 0.491. The van der Waals surface area contributed by atoms with Crippen molar-refractivity contribution in [3.05, 3.63) is 63.7 Å². The van der Waals surface area contributed by atoms with E-state index in [9.17, 15) is 20.4 Å². The number of hydrogen-bond acceptors (Lipinski definition) is 6. The van der Waals surface area contributed by atoms with E-state index >= 15 is 0 Å². The molecule has 6 nitrogen and oxygen atoms in total. The normalized spacial score (nSPS) is 30.2. The maximum Gasteiger partial charge on any atom is 0.138 e. The van der Waals surface area contributed by atoms with E-state index in [4.69, 9.17) is 21.1 Å². The van der Waals surface area contributed by atoms with Gasteiger partial charge in [0.1, 0.15) is 36.3 Å². The average molecular weight is 475 g/mol. The third kappa shape index (κ3) is 4.78. The van der Waals surface area contributed by atoms with Gasteiger partial charge in [0.05, 0.1) is 17.7 Å². The standard InChI is InChI=1S/C26H31ClO6/c27-22-17(10-14-4-6-15(7-5-14)16-8-9-16)11-18(12-20(22)32-19-2-1-3-19)26-25(31)24(30)23(29)21(13-28)33-26/h4-7,11-12,16,19,21,23-26,28-31H,1-3,8-10,13H2/t21-,23-,24?,25-,26+/m1/s1. The van der Waals surface area contributed by atoms with Crippen LogP contribution < -0.4 is 4.74 Å². The van der Waals surface area contributed by atoms with Gasteiger partial charge >= 0.3 is 0 Å². The lowest BCUT2D eigenvalue weighted by molar-refractivity contribution is -0.231. The van der Waals surface area contributed by atoms with Crippen LogP contribution in [0.25, 0.3) is 0 Å². The Labute approximate surface area is 198 Å². The van der Waals surface area contributed by atoms with Crippen LogP contribution in [0, 0.1) is 0 Å². The second kappa shape index (κ2) is 9.53. The van der Waals surface area contributed by atoms with Crippen molar-refractivity contribution in [1.82, 2.24) is 0 Å². The first-order valence-corrected chi connectivity index (χ1v) is 12.2. The lowest BCUT2D eigenvalue weighted by Gasteiger charge is -2.40. The number of ether oxygens (including phenoxy) is 2. The molecule has 4 N–H and O–H groups in total. The van der Waals surface area contributed by atoms with E-state index in [2.05, 4.69) is 24.3 Å². The number of halogens is 1. The van der Waals surface area contributed by atoms with Crippen molar-refractivity contribution < 1.29 is 29.9 Å². The Balaban J connectivity index is 1.47. The third-order valence-electron chi connectivity index (χ3n) is 7.13. The minimum absolute atomic E-state index is 0.109.